The van der Waals surface area contributed by atoms with Crippen LogP contribution in [0.1, 0.15) is 40.9 Å². The lowest BCUT2D eigenvalue weighted by atomic mass is 10.5. The van der Waals surface area contributed by atoms with Crippen LogP contribution in [0.25, 0.3) is 0 Å². The SMILES string of the molecule is Cc1ccn(C)n1.Cc1nnc(C)o1.Cc1noc(C)n1.Cc1noc(C)n1. The summed E-state index contributed by atoms with van der Waals surface area (Å²) in [5.74, 6) is 3.88. The monoisotopic (exact) mass is 390 g/mol. The maximum absolute atomic E-state index is 4.86. The van der Waals surface area contributed by atoms with Crippen LogP contribution in [-0.2, 0) is 7.05 Å². The molecule has 0 aliphatic carbocycles. The summed E-state index contributed by atoms with van der Waals surface area (Å²) >= 11 is 0. The first kappa shape index (κ1) is 22.7. The summed E-state index contributed by atoms with van der Waals surface area (Å²) in [6.07, 6.45) is 1.93. The highest BCUT2D eigenvalue weighted by molar-refractivity contribution is 4.93. The van der Waals surface area contributed by atoms with Crippen molar-refractivity contribution < 1.29 is 13.5 Å². The van der Waals surface area contributed by atoms with Gasteiger partial charge in [-0.1, -0.05) is 10.3 Å². The molecule has 11 heteroatoms. The summed E-state index contributed by atoms with van der Waals surface area (Å²) in [5.41, 5.74) is 1.07. The van der Waals surface area contributed by atoms with Gasteiger partial charge in [0.05, 0.1) is 5.69 Å². The van der Waals surface area contributed by atoms with E-state index in [0.717, 1.165) is 5.69 Å². The van der Waals surface area contributed by atoms with E-state index in [2.05, 4.69) is 44.6 Å². The average molecular weight is 390 g/mol. The van der Waals surface area contributed by atoms with Gasteiger partial charge in [0.15, 0.2) is 11.6 Å². The quantitative estimate of drug-likeness (QED) is 0.441. The van der Waals surface area contributed by atoms with Gasteiger partial charge >= 0.3 is 0 Å². The Bertz CT molecular complexity index is 719. The first-order chi connectivity index (χ1) is 13.2. The molecule has 0 spiro atoms. The zero-order valence-corrected chi connectivity index (χ0v) is 17.5. The summed E-state index contributed by atoms with van der Waals surface area (Å²) in [6.45, 7) is 12.6. The highest BCUT2D eigenvalue weighted by Gasteiger charge is 1.91. The van der Waals surface area contributed by atoms with Crippen LogP contribution in [-0.4, -0.2) is 40.3 Å². The van der Waals surface area contributed by atoms with Gasteiger partial charge in [-0.15, -0.1) is 10.2 Å². The van der Waals surface area contributed by atoms with Crippen LogP contribution in [0.2, 0.25) is 0 Å². The molecule has 0 bridgehead atoms. The molecular weight excluding hydrogens is 364 g/mol. The summed E-state index contributed by atoms with van der Waals surface area (Å²) in [7, 11) is 1.91. The Hall–Kier alpha value is -3.37. The molecule has 0 aliphatic heterocycles. The van der Waals surface area contributed by atoms with E-state index in [1.54, 1.807) is 46.2 Å². The van der Waals surface area contributed by atoms with E-state index < -0.39 is 0 Å². The van der Waals surface area contributed by atoms with Gasteiger partial charge in [0.2, 0.25) is 23.6 Å². The van der Waals surface area contributed by atoms with E-state index in [-0.39, 0.29) is 0 Å². The van der Waals surface area contributed by atoms with Crippen LogP contribution in [0.3, 0.4) is 0 Å². The molecule has 0 N–H and O–H groups in total. The molecule has 0 radical (unpaired) electrons. The van der Waals surface area contributed by atoms with Crippen LogP contribution in [0.15, 0.2) is 25.7 Å². The molecule has 0 saturated heterocycles. The molecule has 0 atom stereocenters. The Morgan fingerprint density at radius 1 is 0.714 bits per heavy atom. The van der Waals surface area contributed by atoms with Crippen LogP contribution in [0, 0.1) is 48.5 Å². The molecule has 4 rings (SSSR count). The lowest BCUT2D eigenvalue weighted by Gasteiger charge is -1.79. The van der Waals surface area contributed by atoms with Gasteiger partial charge in [-0.2, -0.15) is 15.1 Å². The predicted octanol–water partition coefficient (Wildman–Crippen LogP) is 2.79. The highest BCUT2D eigenvalue weighted by atomic mass is 16.5. The Balaban J connectivity index is 0.000000187. The van der Waals surface area contributed by atoms with Crippen LogP contribution >= 0.6 is 0 Å². The van der Waals surface area contributed by atoms with Gasteiger partial charge in [-0.3, -0.25) is 4.68 Å². The smallest absolute Gasteiger partial charge is 0.223 e. The Kier molecular flexibility index (Phi) is 9.20. The summed E-state index contributed by atoms with van der Waals surface area (Å²) in [6, 6.07) is 1.97. The molecule has 11 nitrogen and oxygen atoms in total. The van der Waals surface area contributed by atoms with Crippen LogP contribution in [0.5, 0.6) is 0 Å². The Labute approximate surface area is 163 Å². The first-order valence-electron chi connectivity index (χ1n) is 8.42. The summed E-state index contributed by atoms with van der Waals surface area (Å²) in [5, 5.41) is 18.3. The molecule has 4 heterocycles. The third kappa shape index (κ3) is 9.94. The van der Waals surface area contributed by atoms with Gasteiger partial charge in [0, 0.05) is 40.9 Å². The molecule has 28 heavy (non-hydrogen) atoms. The van der Waals surface area contributed by atoms with Gasteiger partial charge in [-0.05, 0) is 26.8 Å². The van der Waals surface area contributed by atoms with Gasteiger partial charge in [0.25, 0.3) is 0 Å². The second kappa shape index (κ2) is 11.4. The van der Waals surface area contributed by atoms with Crippen molar-refractivity contribution in [2.75, 3.05) is 0 Å². The number of hydrogen-bond acceptors (Lipinski definition) is 10. The molecule has 0 unspecified atom stereocenters. The van der Waals surface area contributed by atoms with Crippen molar-refractivity contribution in [1.82, 2.24) is 40.3 Å². The topological polar surface area (TPSA) is 135 Å². The fourth-order valence-electron chi connectivity index (χ4n) is 1.73. The zero-order chi connectivity index (χ0) is 21.1. The average Bonchev–Trinajstić information content (AvgIpc) is 3.37. The normalized spacial score (nSPS) is 9.43. The number of nitrogens with zero attached hydrogens (tertiary/aromatic N) is 8. The van der Waals surface area contributed by atoms with E-state index in [1.807, 2.05) is 26.2 Å². The maximum atomic E-state index is 4.86. The van der Waals surface area contributed by atoms with Crippen molar-refractivity contribution in [2.45, 2.75) is 48.5 Å². The maximum Gasteiger partial charge on any atom is 0.223 e. The zero-order valence-electron chi connectivity index (χ0n) is 17.5. The number of aryl methyl sites for hydroxylation is 8. The van der Waals surface area contributed by atoms with Crippen molar-refractivity contribution in [3.63, 3.8) is 0 Å². The van der Waals surface area contributed by atoms with Crippen LogP contribution in [0.4, 0.5) is 0 Å². The lowest BCUT2D eigenvalue weighted by molar-refractivity contribution is 0.389. The van der Waals surface area contributed by atoms with Crippen LogP contribution < -0.4 is 0 Å². The summed E-state index contributed by atoms with van der Waals surface area (Å²) in [4.78, 5) is 7.67. The minimum absolute atomic E-state index is 0.623. The third-order valence-corrected chi connectivity index (χ3v) is 2.73. The fourth-order valence-corrected chi connectivity index (χ4v) is 1.73. The Morgan fingerprint density at radius 3 is 1.29 bits per heavy atom. The first-order valence-corrected chi connectivity index (χ1v) is 8.42. The third-order valence-electron chi connectivity index (χ3n) is 2.73. The molecule has 4 aromatic rings. The minimum atomic E-state index is 0.623. The van der Waals surface area contributed by atoms with E-state index >= 15 is 0 Å². The van der Waals surface area contributed by atoms with E-state index in [4.69, 9.17) is 4.42 Å². The highest BCUT2D eigenvalue weighted by Crippen LogP contribution is 1.92. The molecule has 0 aromatic carbocycles. The fraction of sp³-hybridized carbons (Fsp3) is 0.471. The summed E-state index contributed by atoms with van der Waals surface area (Å²) < 4.78 is 15.9. The number of hydrogen-bond donors (Lipinski definition) is 0. The second-order valence-corrected chi connectivity index (χ2v) is 5.69. The van der Waals surface area contributed by atoms with Crippen molar-refractivity contribution in [1.29, 1.82) is 0 Å². The van der Waals surface area contributed by atoms with Crippen molar-refractivity contribution >= 4 is 0 Å². The van der Waals surface area contributed by atoms with E-state index in [0.29, 0.717) is 35.2 Å². The molecule has 0 amide bonds. The lowest BCUT2D eigenvalue weighted by Crippen LogP contribution is -1.86. The molecule has 0 aliphatic rings. The second-order valence-electron chi connectivity index (χ2n) is 5.69. The number of rotatable bonds is 0. The largest absolute Gasteiger partial charge is 0.426 e. The van der Waals surface area contributed by atoms with Gasteiger partial charge in [-0.25, -0.2) is 0 Å². The van der Waals surface area contributed by atoms with Gasteiger partial charge < -0.3 is 13.5 Å². The van der Waals surface area contributed by atoms with Crippen molar-refractivity contribution in [3.8, 4) is 0 Å². The number of aromatic nitrogens is 8. The van der Waals surface area contributed by atoms with Crippen molar-refractivity contribution in [3.05, 3.63) is 53.2 Å². The standard InChI is InChI=1S/C5H8N2.3C4H6N2O/c1-5-3-4-7(2)6-5;1-3-5-6-4(2)7-3;2*1-3-5-4(2)7-6-3/h3-4H,1-2H3;3*1-2H3. The molecule has 4 aromatic heterocycles. The van der Waals surface area contributed by atoms with Crippen molar-refractivity contribution in [2.24, 2.45) is 7.05 Å². The molecular formula is C17H26N8O3. The van der Waals surface area contributed by atoms with E-state index in [9.17, 15) is 0 Å². The Morgan fingerprint density at radius 2 is 1.18 bits per heavy atom. The van der Waals surface area contributed by atoms with Gasteiger partial charge in [0.1, 0.15) is 0 Å². The van der Waals surface area contributed by atoms with E-state index in [1.165, 1.54) is 0 Å². The minimum Gasteiger partial charge on any atom is -0.426 e. The predicted molar refractivity (Wildman–Crippen MR) is 99.3 cm³/mol. The molecule has 0 fully saturated rings. The molecule has 152 valence electrons. The molecule has 0 saturated carbocycles.